The van der Waals surface area contributed by atoms with Crippen LogP contribution in [0.3, 0.4) is 0 Å². The van der Waals surface area contributed by atoms with Crippen LogP contribution in [0.25, 0.3) is 5.52 Å². The molecule has 1 saturated heterocycles. The van der Waals surface area contributed by atoms with E-state index in [9.17, 15) is 23.6 Å². The molecule has 0 bridgehead atoms. The van der Waals surface area contributed by atoms with Crippen molar-refractivity contribution in [1.82, 2.24) is 8.71 Å². The fraction of sp³-hybridized carbons (Fsp3) is 0.304. The molecule has 0 atom stereocenters. The topological polar surface area (TPSA) is 112 Å². The molecule has 3 aromatic rings. The Morgan fingerprint density at radius 3 is 2.50 bits per heavy atom. The molecule has 0 radical (unpaired) electrons. The summed E-state index contributed by atoms with van der Waals surface area (Å²) in [5, 5.41) is 18.6. The zero-order valence-corrected chi connectivity index (χ0v) is 18.4. The second-order valence-corrected chi connectivity index (χ2v) is 9.68. The minimum atomic E-state index is -3.56. The number of nitrogens with zero attached hydrogens (tertiary/aromatic N) is 3. The quantitative estimate of drug-likeness (QED) is 0.613. The van der Waals surface area contributed by atoms with Gasteiger partial charge in [-0.25, -0.2) is 8.42 Å². The molecular formula is C23H23N3O5S. The number of carboxylic acids is 1. The minimum Gasteiger partial charge on any atom is -0.481 e. The van der Waals surface area contributed by atoms with Gasteiger partial charge in [-0.2, -0.15) is 9.57 Å². The Hall–Kier alpha value is -3.19. The number of carbonyl (C=O) groups is 1. The van der Waals surface area contributed by atoms with Crippen LogP contribution < -0.4 is 0 Å². The largest absolute Gasteiger partial charge is 0.481 e. The Morgan fingerprint density at radius 1 is 1.19 bits per heavy atom. The minimum absolute atomic E-state index is 0.129. The molecule has 3 heterocycles. The van der Waals surface area contributed by atoms with Crippen molar-refractivity contribution in [3.63, 3.8) is 0 Å². The fourth-order valence-corrected chi connectivity index (χ4v) is 5.50. The SMILES string of the molecule is Cc1c(Cc2ccc(S(=O)(=O)N3CCOCC3)cc2)c2cc(C#N)ccn2c1CC(=O)O. The predicted octanol–water partition coefficient (Wildman–Crippen LogP) is 2.36. The average molecular weight is 454 g/mol. The predicted molar refractivity (Wildman–Crippen MR) is 117 cm³/mol. The molecule has 32 heavy (non-hydrogen) atoms. The normalized spacial score (nSPS) is 15.0. The van der Waals surface area contributed by atoms with Gasteiger partial charge >= 0.3 is 5.97 Å². The van der Waals surface area contributed by atoms with Gasteiger partial charge in [0.05, 0.1) is 41.7 Å². The highest BCUT2D eigenvalue weighted by Crippen LogP contribution is 2.28. The van der Waals surface area contributed by atoms with Crippen LogP contribution in [-0.2, 0) is 32.4 Å². The summed E-state index contributed by atoms with van der Waals surface area (Å²) in [5.41, 5.74) is 4.60. The lowest BCUT2D eigenvalue weighted by Crippen LogP contribution is -2.40. The van der Waals surface area contributed by atoms with Gasteiger partial charge in [0, 0.05) is 25.0 Å². The molecule has 1 fully saturated rings. The zero-order valence-electron chi connectivity index (χ0n) is 17.6. The van der Waals surface area contributed by atoms with Gasteiger partial charge in [-0.3, -0.25) is 4.79 Å². The van der Waals surface area contributed by atoms with Crippen LogP contribution in [-0.4, -0.2) is 54.5 Å². The van der Waals surface area contributed by atoms with Crippen molar-refractivity contribution in [3.05, 3.63) is 70.5 Å². The number of carboxylic acid groups (broad SMARTS) is 1. The summed E-state index contributed by atoms with van der Waals surface area (Å²) in [5.74, 6) is -0.930. The van der Waals surface area contributed by atoms with Gasteiger partial charge in [-0.15, -0.1) is 0 Å². The first-order valence-electron chi connectivity index (χ1n) is 10.2. The number of hydrogen-bond donors (Lipinski definition) is 1. The summed E-state index contributed by atoms with van der Waals surface area (Å²) in [6, 6.07) is 12.3. The average Bonchev–Trinajstić information content (AvgIpc) is 3.04. The van der Waals surface area contributed by atoms with Gasteiger partial charge in [-0.05, 0) is 54.3 Å². The van der Waals surface area contributed by atoms with Crippen LogP contribution in [0.1, 0.15) is 27.9 Å². The standard InChI is InChI=1S/C23H23N3O5S/c1-16-20(22-13-18(15-24)6-7-26(22)21(16)14-23(27)28)12-17-2-4-19(5-3-17)32(29,30)25-8-10-31-11-9-25/h2-7,13H,8-12,14H2,1H3,(H,27,28). The van der Waals surface area contributed by atoms with E-state index in [2.05, 4.69) is 6.07 Å². The van der Waals surface area contributed by atoms with E-state index in [-0.39, 0.29) is 11.3 Å². The Bertz CT molecular complexity index is 1310. The van der Waals surface area contributed by atoms with Crippen LogP contribution in [0, 0.1) is 18.3 Å². The van der Waals surface area contributed by atoms with Crippen molar-refractivity contribution in [2.75, 3.05) is 26.3 Å². The van der Waals surface area contributed by atoms with Crippen molar-refractivity contribution in [1.29, 1.82) is 5.26 Å². The summed E-state index contributed by atoms with van der Waals surface area (Å²) < 4.78 is 34.2. The molecule has 1 aromatic carbocycles. The van der Waals surface area contributed by atoms with Gasteiger partial charge in [0.1, 0.15) is 0 Å². The van der Waals surface area contributed by atoms with E-state index in [0.717, 1.165) is 22.2 Å². The summed E-state index contributed by atoms with van der Waals surface area (Å²) >= 11 is 0. The second-order valence-electron chi connectivity index (χ2n) is 7.74. The molecule has 2 aromatic heterocycles. The summed E-state index contributed by atoms with van der Waals surface area (Å²) in [7, 11) is -3.56. The Labute approximate surface area is 186 Å². The van der Waals surface area contributed by atoms with E-state index in [1.165, 1.54) is 4.31 Å². The molecule has 8 nitrogen and oxygen atoms in total. The summed E-state index contributed by atoms with van der Waals surface area (Å²) in [4.78, 5) is 11.6. The summed E-state index contributed by atoms with van der Waals surface area (Å²) in [6.45, 7) is 3.34. The number of nitriles is 1. The molecule has 0 amide bonds. The number of rotatable bonds is 6. The highest BCUT2D eigenvalue weighted by molar-refractivity contribution is 7.89. The van der Waals surface area contributed by atoms with E-state index < -0.39 is 16.0 Å². The Balaban J connectivity index is 1.68. The Kier molecular flexibility index (Phi) is 6.02. The zero-order chi connectivity index (χ0) is 22.9. The third-order valence-electron chi connectivity index (χ3n) is 5.80. The number of fused-ring (bicyclic) bond motifs is 1. The van der Waals surface area contributed by atoms with Crippen molar-refractivity contribution in [2.24, 2.45) is 0 Å². The first kappa shape index (κ1) is 22.0. The number of ether oxygens (including phenoxy) is 1. The summed E-state index contributed by atoms with van der Waals surface area (Å²) in [6.07, 6.45) is 2.08. The number of pyridine rings is 1. The number of hydrogen-bond acceptors (Lipinski definition) is 5. The van der Waals surface area contributed by atoms with Gasteiger partial charge in [0.25, 0.3) is 0 Å². The van der Waals surface area contributed by atoms with Gasteiger partial charge < -0.3 is 14.2 Å². The van der Waals surface area contributed by atoms with E-state index >= 15 is 0 Å². The number of aromatic nitrogens is 1. The molecular weight excluding hydrogens is 430 g/mol. The molecule has 0 spiro atoms. The van der Waals surface area contributed by atoms with Gasteiger partial charge in [0.2, 0.25) is 10.0 Å². The molecule has 0 aliphatic carbocycles. The van der Waals surface area contributed by atoms with E-state index in [4.69, 9.17) is 4.74 Å². The molecule has 4 rings (SSSR count). The first-order valence-corrected chi connectivity index (χ1v) is 11.7. The maximum atomic E-state index is 12.8. The highest BCUT2D eigenvalue weighted by Gasteiger charge is 2.26. The molecule has 9 heteroatoms. The number of benzene rings is 1. The van der Waals surface area contributed by atoms with E-state index in [1.54, 1.807) is 42.6 Å². The van der Waals surface area contributed by atoms with Crippen LogP contribution >= 0.6 is 0 Å². The maximum absolute atomic E-state index is 12.8. The number of aliphatic carboxylic acids is 1. The van der Waals surface area contributed by atoms with E-state index in [1.807, 2.05) is 11.3 Å². The van der Waals surface area contributed by atoms with Crippen LogP contribution in [0.2, 0.25) is 0 Å². The second kappa shape index (κ2) is 8.74. The molecule has 0 unspecified atom stereocenters. The van der Waals surface area contributed by atoms with E-state index in [0.29, 0.717) is 44.0 Å². The molecule has 166 valence electrons. The van der Waals surface area contributed by atoms with Crippen LogP contribution in [0.4, 0.5) is 0 Å². The van der Waals surface area contributed by atoms with Gasteiger partial charge in [0.15, 0.2) is 0 Å². The lowest BCUT2D eigenvalue weighted by atomic mass is 10.0. The first-order chi connectivity index (χ1) is 15.3. The smallest absolute Gasteiger partial charge is 0.309 e. The lowest BCUT2D eigenvalue weighted by molar-refractivity contribution is -0.136. The van der Waals surface area contributed by atoms with Gasteiger partial charge in [-0.1, -0.05) is 12.1 Å². The molecule has 0 saturated carbocycles. The molecule has 1 aliphatic rings. The van der Waals surface area contributed by atoms with Crippen molar-refractivity contribution in [2.45, 2.75) is 24.7 Å². The monoisotopic (exact) mass is 453 g/mol. The highest BCUT2D eigenvalue weighted by atomic mass is 32.2. The fourth-order valence-electron chi connectivity index (χ4n) is 4.09. The van der Waals surface area contributed by atoms with Crippen molar-refractivity contribution < 1.29 is 23.1 Å². The van der Waals surface area contributed by atoms with Crippen LogP contribution in [0.5, 0.6) is 0 Å². The van der Waals surface area contributed by atoms with Crippen molar-refractivity contribution >= 4 is 21.5 Å². The Morgan fingerprint density at radius 2 is 1.88 bits per heavy atom. The number of morpholine rings is 1. The number of sulfonamides is 1. The lowest BCUT2D eigenvalue weighted by Gasteiger charge is -2.26. The van der Waals surface area contributed by atoms with Crippen molar-refractivity contribution in [3.8, 4) is 6.07 Å². The third kappa shape index (κ3) is 4.12. The molecule has 1 aliphatic heterocycles. The molecule has 1 N–H and O–H groups in total. The third-order valence-corrected chi connectivity index (χ3v) is 7.71. The van der Waals surface area contributed by atoms with Crippen LogP contribution in [0.15, 0.2) is 47.5 Å². The maximum Gasteiger partial charge on any atom is 0.309 e.